The van der Waals surface area contributed by atoms with E-state index in [-0.39, 0.29) is 12.5 Å². The number of nitrogens with zero attached hydrogens (tertiary/aromatic N) is 1. The molecule has 0 bridgehead atoms. The second-order valence-corrected chi connectivity index (χ2v) is 7.04. The zero-order chi connectivity index (χ0) is 15.8. The van der Waals surface area contributed by atoms with Gasteiger partial charge in [-0.2, -0.15) is 5.10 Å². The second kappa shape index (κ2) is 9.58. The number of nitrogens with one attached hydrogen (secondary N) is 2. The molecule has 0 spiro atoms. The predicted molar refractivity (Wildman–Crippen MR) is 98.8 cm³/mol. The molecule has 0 saturated carbocycles. The highest BCUT2D eigenvalue weighted by molar-refractivity contribution is 9.11. The third-order valence-corrected chi connectivity index (χ3v) is 4.43. The van der Waals surface area contributed by atoms with Crippen LogP contribution in [0.1, 0.15) is 33.1 Å². The van der Waals surface area contributed by atoms with Gasteiger partial charge in [-0.3, -0.25) is 4.79 Å². The number of rotatable bonds is 7. The maximum atomic E-state index is 11.8. The first-order valence-corrected chi connectivity index (χ1v) is 9.08. The normalized spacial score (nSPS) is 11.4. The van der Waals surface area contributed by atoms with Crippen LogP contribution in [0.3, 0.4) is 0 Å². The molecule has 1 aromatic carbocycles. The average Bonchev–Trinajstić information content (AvgIpc) is 2.42. The Balaban J connectivity index is 2.58. The van der Waals surface area contributed by atoms with Crippen LogP contribution in [0.5, 0.6) is 0 Å². The second-order valence-electron chi connectivity index (χ2n) is 4.41. The van der Waals surface area contributed by atoms with Gasteiger partial charge in [0.2, 0.25) is 0 Å². The summed E-state index contributed by atoms with van der Waals surface area (Å²) in [4.78, 5) is 11.8. The van der Waals surface area contributed by atoms with Crippen LogP contribution < -0.4 is 10.7 Å². The summed E-state index contributed by atoms with van der Waals surface area (Å²) < 4.78 is 2.70. The Labute approximate surface area is 150 Å². The lowest BCUT2D eigenvalue weighted by atomic mass is 10.2. The molecule has 0 aliphatic heterocycles. The monoisotopic (exact) mass is 481 g/mol. The fraction of sp³-hybridized carbons (Fsp3) is 0.429. The predicted octanol–water partition coefficient (Wildman–Crippen LogP) is 5.07. The Hall–Kier alpha value is -0.400. The fourth-order valence-corrected chi connectivity index (χ4v) is 4.20. The Kier molecular flexibility index (Phi) is 8.51. The number of amides is 1. The smallest absolute Gasteiger partial charge is 0.259 e. The van der Waals surface area contributed by atoms with E-state index in [1.807, 2.05) is 19.1 Å². The lowest BCUT2D eigenvalue weighted by Gasteiger charge is -2.11. The van der Waals surface area contributed by atoms with Gasteiger partial charge in [0.25, 0.3) is 5.91 Å². The van der Waals surface area contributed by atoms with Crippen molar-refractivity contribution in [3.8, 4) is 0 Å². The van der Waals surface area contributed by atoms with Crippen LogP contribution in [0.15, 0.2) is 30.7 Å². The number of anilines is 1. The summed E-state index contributed by atoms with van der Waals surface area (Å²) >= 11 is 10.3. The Morgan fingerprint density at radius 3 is 2.33 bits per heavy atom. The van der Waals surface area contributed by atoms with E-state index < -0.39 is 0 Å². The summed E-state index contributed by atoms with van der Waals surface area (Å²) in [7, 11) is 0. The van der Waals surface area contributed by atoms with Gasteiger partial charge in [0.15, 0.2) is 0 Å². The molecule has 1 aromatic rings. The fourth-order valence-electron chi connectivity index (χ4n) is 1.66. The third kappa shape index (κ3) is 6.48. The van der Waals surface area contributed by atoms with E-state index in [2.05, 4.69) is 70.6 Å². The van der Waals surface area contributed by atoms with Gasteiger partial charge in [0.1, 0.15) is 0 Å². The number of hydrazone groups is 1. The number of carbonyl (C=O) groups excluding carboxylic acids is 1. The van der Waals surface area contributed by atoms with Gasteiger partial charge in [-0.05, 0) is 56.8 Å². The summed E-state index contributed by atoms with van der Waals surface area (Å²) in [5.41, 5.74) is 4.43. The molecule has 0 radical (unpaired) electrons. The first-order chi connectivity index (χ1) is 9.97. The minimum atomic E-state index is -0.168. The molecule has 0 atom stereocenters. The molecule has 0 fully saturated rings. The van der Waals surface area contributed by atoms with Crippen molar-refractivity contribution in [1.82, 2.24) is 5.43 Å². The average molecular weight is 484 g/mol. The molecular weight excluding hydrogens is 466 g/mol. The van der Waals surface area contributed by atoms with E-state index in [1.165, 1.54) is 0 Å². The van der Waals surface area contributed by atoms with E-state index in [0.717, 1.165) is 44.1 Å². The largest absolute Gasteiger partial charge is 0.374 e. The third-order valence-electron chi connectivity index (χ3n) is 2.72. The molecule has 0 aliphatic rings. The van der Waals surface area contributed by atoms with Crippen LogP contribution in [-0.4, -0.2) is 18.2 Å². The van der Waals surface area contributed by atoms with Crippen molar-refractivity contribution < 1.29 is 4.79 Å². The van der Waals surface area contributed by atoms with Crippen molar-refractivity contribution in [3.63, 3.8) is 0 Å². The van der Waals surface area contributed by atoms with Crippen LogP contribution in [0, 0.1) is 0 Å². The van der Waals surface area contributed by atoms with Crippen molar-refractivity contribution in [2.24, 2.45) is 5.10 Å². The van der Waals surface area contributed by atoms with Crippen LogP contribution in [-0.2, 0) is 4.79 Å². The summed E-state index contributed by atoms with van der Waals surface area (Å²) in [6.45, 7) is 4.29. The summed E-state index contributed by atoms with van der Waals surface area (Å²) in [6, 6.07) is 3.83. The van der Waals surface area contributed by atoms with Crippen LogP contribution in [0.4, 0.5) is 5.69 Å². The molecule has 116 valence electrons. The number of hydrogen-bond donors (Lipinski definition) is 2. The van der Waals surface area contributed by atoms with Crippen LogP contribution in [0.25, 0.3) is 0 Å². The molecule has 0 aliphatic carbocycles. The number of carbonyl (C=O) groups is 1. The highest BCUT2D eigenvalue weighted by Gasteiger charge is 2.08. The first kappa shape index (κ1) is 18.6. The summed E-state index contributed by atoms with van der Waals surface area (Å²) in [6.07, 6.45) is 2.79. The molecule has 0 saturated heterocycles. The van der Waals surface area contributed by atoms with E-state index in [4.69, 9.17) is 0 Å². The highest BCUT2D eigenvalue weighted by atomic mass is 79.9. The Morgan fingerprint density at radius 2 is 1.81 bits per heavy atom. The van der Waals surface area contributed by atoms with Crippen LogP contribution >= 0.6 is 47.8 Å². The molecule has 1 amide bonds. The van der Waals surface area contributed by atoms with E-state index in [9.17, 15) is 4.79 Å². The van der Waals surface area contributed by atoms with E-state index in [0.29, 0.717) is 0 Å². The van der Waals surface area contributed by atoms with Gasteiger partial charge < -0.3 is 5.32 Å². The van der Waals surface area contributed by atoms with Gasteiger partial charge in [-0.15, -0.1) is 0 Å². The molecule has 4 nitrogen and oxygen atoms in total. The van der Waals surface area contributed by atoms with Crippen molar-refractivity contribution >= 4 is 65.1 Å². The molecule has 21 heavy (non-hydrogen) atoms. The Bertz CT molecular complexity index is 509. The maximum Gasteiger partial charge on any atom is 0.259 e. The molecule has 2 N–H and O–H groups in total. The SMILES string of the molecule is CCCC(CC)=NNC(=O)CNc1c(Br)cc(Br)cc1Br. The van der Waals surface area contributed by atoms with E-state index in [1.54, 1.807) is 0 Å². The van der Waals surface area contributed by atoms with E-state index >= 15 is 0 Å². The molecule has 0 unspecified atom stereocenters. The minimum Gasteiger partial charge on any atom is -0.374 e. The summed E-state index contributed by atoms with van der Waals surface area (Å²) in [5.74, 6) is -0.168. The van der Waals surface area contributed by atoms with Crippen molar-refractivity contribution in [1.29, 1.82) is 0 Å². The summed E-state index contributed by atoms with van der Waals surface area (Å²) in [5, 5.41) is 7.24. The topological polar surface area (TPSA) is 53.5 Å². The van der Waals surface area contributed by atoms with Gasteiger partial charge >= 0.3 is 0 Å². The molecular formula is C14H18Br3N3O. The number of halogens is 3. The van der Waals surface area contributed by atoms with Crippen LogP contribution in [0.2, 0.25) is 0 Å². The lowest BCUT2D eigenvalue weighted by molar-refractivity contribution is -0.119. The zero-order valence-electron chi connectivity index (χ0n) is 12.0. The van der Waals surface area contributed by atoms with Crippen molar-refractivity contribution in [3.05, 3.63) is 25.6 Å². The lowest BCUT2D eigenvalue weighted by Crippen LogP contribution is -2.27. The maximum absolute atomic E-state index is 11.8. The minimum absolute atomic E-state index is 0.158. The number of hydrogen-bond acceptors (Lipinski definition) is 3. The van der Waals surface area contributed by atoms with Gasteiger partial charge in [-0.1, -0.05) is 36.2 Å². The van der Waals surface area contributed by atoms with Crippen molar-refractivity contribution in [2.75, 3.05) is 11.9 Å². The molecule has 7 heteroatoms. The first-order valence-electron chi connectivity index (χ1n) is 6.70. The molecule has 0 heterocycles. The standard InChI is InChI=1S/C14H18Br3N3O/c1-3-5-10(4-2)19-20-13(21)8-18-14-11(16)6-9(15)7-12(14)17/h6-7,18H,3-5,8H2,1-2H3,(H,20,21). The van der Waals surface area contributed by atoms with Gasteiger partial charge in [0.05, 0.1) is 12.2 Å². The van der Waals surface area contributed by atoms with Gasteiger partial charge in [0, 0.05) is 19.1 Å². The molecule has 0 aromatic heterocycles. The quantitative estimate of drug-likeness (QED) is 0.420. The zero-order valence-corrected chi connectivity index (χ0v) is 16.7. The highest BCUT2D eigenvalue weighted by Crippen LogP contribution is 2.34. The van der Waals surface area contributed by atoms with Crippen molar-refractivity contribution in [2.45, 2.75) is 33.1 Å². The molecule has 1 rings (SSSR count). The number of benzene rings is 1. The van der Waals surface area contributed by atoms with Gasteiger partial charge in [-0.25, -0.2) is 5.43 Å². The Morgan fingerprint density at radius 1 is 1.19 bits per heavy atom.